The number of rotatable bonds is 10. The lowest BCUT2D eigenvalue weighted by Crippen LogP contribution is -2.48. The number of aromatic nitrogens is 3. The SMILES string of the molecule is CC(C)(C(=O)NCCn1ccc2ncnc(Nc3ccc(Oc4cccc(Cl)c4)c(CN)c3)c21)S(C)(=O)=O. The van der Waals surface area contributed by atoms with Crippen molar-refractivity contribution in [1.82, 2.24) is 19.9 Å². The molecule has 1 amide bonds. The van der Waals surface area contributed by atoms with Crippen LogP contribution in [0.1, 0.15) is 19.4 Å². The van der Waals surface area contributed by atoms with Crippen LogP contribution in [0.25, 0.3) is 11.0 Å². The van der Waals surface area contributed by atoms with E-state index < -0.39 is 20.5 Å². The molecule has 2 aromatic heterocycles. The Morgan fingerprint density at radius 3 is 2.66 bits per heavy atom. The molecule has 10 nitrogen and oxygen atoms in total. The molecule has 0 saturated carbocycles. The van der Waals surface area contributed by atoms with Gasteiger partial charge in [-0.15, -0.1) is 0 Å². The van der Waals surface area contributed by atoms with Gasteiger partial charge in [0.1, 0.15) is 28.1 Å². The largest absolute Gasteiger partial charge is 0.457 e. The minimum atomic E-state index is -3.56. The summed E-state index contributed by atoms with van der Waals surface area (Å²) in [6.45, 7) is 3.64. The van der Waals surface area contributed by atoms with E-state index in [2.05, 4.69) is 20.6 Å². The molecule has 4 N–H and O–H groups in total. The van der Waals surface area contributed by atoms with Gasteiger partial charge in [0.15, 0.2) is 15.7 Å². The molecule has 0 aliphatic heterocycles. The van der Waals surface area contributed by atoms with Crippen molar-refractivity contribution in [3.05, 3.63) is 71.6 Å². The van der Waals surface area contributed by atoms with Crippen molar-refractivity contribution in [3.8, 4) is 11.5 Å². The summed E-state index contributed by atoms with van der Waals surface area (Å²) in [6, 6.07) is 14.5. The average Bonchev–Trinajstić information content (AvgIpc) is 3.28. The maximum Gasteiger partial charge on any atom is 0.240 e. The molecule has 0 bridgehead atoms. The third-order valence-corrected chi connectivity index (χ3v) is 8.50. The molecule has 12 heteroatoms. The van der Waals surface area contributed by atoms with Crippen LogP contribution < -0.4 is 21.1 Å². The van der Waals surface area contributed by atoms with Gasteiger partial charge in [0.2, 0.25) is 5.91 Å². The van der Waals surface area contributed by atoms with Crippen LogP contribution in [-0.2, 0) is 27.7 Å². The van der Waals surface area contributed by atoms with Crippen molar-refractivity contribution in [2.45, 2.75) is 31.7 Å². The summed E-state index contributed by atoms with van der Waals surface area (Å²) in [5.41, 5.74) is 8.98. The molecule has 0 atom stereocenters. The molecule has 38 heavy (non-hydrogen) atoms. The minimum absolute atomic E-state index is 0.225. The van der Waals surface area contributed by atoms with Crippen molar-refractivity contribution in [2.24, 2.45) is 5.73 Å². The van der Waals surface area contributed by atoms with Gasteiger partial charge in [0, 0.05) is 48.4 Å². The molecule has 4 aromatic rings. The van der Waals surface area contributed by atoms with Crippen LogP contribution in [0.15, 0.2) is 61.1 Å². The van der Waals surface area contributed by atoms with Crippen molar-refractivity contribution in [1.29, 1.82) is 0 Å². The van der Waals surface area contributed by atoms with Crippen LogP contribution in [0, 0.1) is 0 Å². The van der Waals surface area contributed by atoms with E-state index in [1.807, 2.05) is 47.2 Å². The zero-order valence-electron chi connectivity index (χ0n) is 21.2. The molecule has 0 aliphatic carbocycles. The van der Waals surface area contributed by atoms with Gasteiger partial charge in [-0.05, 0) is 56.3 Å². The quantitative estimate of drug-likeness (QED) is 0.266. The molecule has 0 saturated heterocycles. The molecular formula is C26H29ClN6O4S. The molecule has 0 radical (unpaired) electrons. The number of anilines is 2. The van der Waals surface area contributed by atoms with E-state index in [-0.39, 0.29) is 13.1 Å². The van der Waals surface area contributed by atoms with Crippen LogP contribution in [0.2, 0.25) is 5.02 Å². The number of carbonyl (C=O) groups is 1. The van der Waals surface area contributed by atoms with Gasteiger partial charge in [-0.3, -0.25) is 4.79 Å². The second-order valence-electron chi connectivity index (χ2n) is 9.21. The first-order valence-corrected chi connectivity index (χ1v) is 14.1. The lowest BCUT2D eigenvalue weighted by molar-refractivity contribution is -0.122. The predicted octanol–water partition coefficient (Wildman–Crippen LogP) is 4.02. The maximum absolute atomic E-state index is 12.5. The smallest absolute Gasteiger partial charge is 0.240 e. The fourth-order valence-corrected chi connectivity index (χ4v) is 4.28. The maximum atomic E-state index is 12.5. The van der Waals surface area contributed by atoms with E-state index in [4.69, 9.17) is 22.1 Å². The van der Waals surface area contributed by atoms with Crippen LogP contribution in [-0.4, -0.2) is 46.4 Å². The van der Waals surface area contributed by atoms with E-state index in [9.17, 15) is 13.2 Å². The molecular weight excluding hydrogens is 528 g/mol. The predicted molar refractivity (Wildman–Crippen MR) is 149 cm³/mol. The zero-order valence-corrected chi connectivity index (χ0v) is 22.8. The summed E-state index contributed by atoms with van der Waals surface area (Å²) in [5.74, 6) is 1.23. The Labute approximate surface area is 226 Å². The number of amides is 1. The highest BCUT2D eigenvalue weighted by atomic mass is 35.5. The van der Waals surface area contributed by atoms with E-state index in [1.54, 1.807) is 12.1 Å². The van der Waals surface area contributed by atoms with Gasteiger partial charge in [-0.1, -0.05) is 17.7 Å². The Morgan fingerprint density at radius 2 is 1.95 bits per heavy atom. The number of carbonyl (C=O) groups excluding carboxylic acids is 1. The molecule has 200 valence electrons. The molecule has 0 spiro atoms. The van der Waals surface area contributed by atoms with Gasteiger partial charge >= 0.3 is 0 Å². The number of benzene rings is 2. The summed E-state index contributed by atoms with van der Waals surface area (Å²) < 4.78 is 30.2. The Morgan fingerprint density at radius 1 is 1.16 bits per heavy atom. The van der Waals surface area contributed by atoms with Crippen LogP contribution in [0.3, 0.4) is 0 Å². The third-order valence-electron chi connectivity index (χ3n) is 6.23. The summed E-state index contributed by atoms with van der Waals surface area (Å²) in [4.78, 5) is 21.2. The van der Waals surface area contributed by atoms with Gasteiger partial charge in [-0.25, -0.2) is 18.4 Å². The molecule has 0 fully saturated rings. The highest BCUT2D eigenvalue weighted by molar-refractivity contribution is 7.92. The van der Waals surface area contributed by atoms with Crippen molar-refractivity contribution in [3.63, 3.8) is 0 Å². The van der Waals surface area contributed by atoms with E-state index in [0.717, 1.165) is 23.0 Å². The molecule has 0 aliphatic rings. The Kier molecular flexibility index (Phi) is 7.91. The minimum Gasteiger partial charge on any atom is -0.457 e. The van der Waals surface area contributed by atoms with Crippen molar-refractivity contribution in [2.75, 3.05) is 18.1 Å². The van der Waals surface area contributed by atoms with Gasteiger partial charge in [0.25, 0.3) is 0 Å². The molecule has 2 aromatic carbocycles. The zero-order chi connectivity index (χ0) is 27.5. The monoisotopic (exact) mass is 556 g/mol. The Balaban J connectivity index is 1.52. The number of fused-ring (bicyclic) bond motifs is 1. The highest BCUT2D eigenvalue weighted by Gasteiger charge is 2.38. The first-order valence-electron chi connectivity index (χ1n) is 11.8. The average molecular weight is 557 g/mol. The molecule has 4 rings (SSSR count). The first kappa shape index (κ1) is 27.4. The number of nitrogens with two attached hydrogens (primary N) is 1. The van der Waals surface area contributed by atoms with E-state index >= 15 is 0 Å². The summed E-state index contributed by atoms with van der Waals surface area (Å²) in [6.07, 6.45) is 4.35. The summed E-state index contributed by atoms with van der Waals surface area (Å²) >= 11 is 6.06. The van der Waals surface area contributed by atoms with Crippen LogP contribution >= 0.6 is 11.6 Å². The fourth-order valence-electron chi connectivity index (χ4n) is 3.69. The second kappa shape index (κ2) is 11.0. The topological polar surface area (TPSA) is 141 Å². The first-order chi connectivity index (χ1) is 18.0. The third kappa shape index (κ3) is 5.90. The number of hydrogen-bond acceptors (Lipinski definition) is 8. The van der Waals surface area contributed by atoms with Crippen LogP contribution in [0.4, 0.5) is 11.5 Å². The van der Waals surface area contributed by atoms with Gasteiger partial charge in [-0.2, -0.15) is 0 Å². The second-order valence-corrected chi connectivity index (χ2v) is 12.2. The number of nitrogens with zero attached hydrogens (tertiary/aromatic N) is 3. The van der Waals surface area contributed by atoms with E-state index in [0.29, 0.717) is 34.4 Å². The summed E-state index contributed by atoms with van der Waals surface area (Å²) in [7, 11) is -3.56. The lowest BCUT2D eigenvalue weighted by atomic mass is 10.1. The lowest BCUT2D eigenvalue weighted by Gasteiger charge is -2.21. The molecule has 0 unspecified atom stereocenters. The Hall–Kier alpha value is -3.67. The van der Waals surface area contributed by atoms with Crippen molar-refractivity contribution < 1.29 is 17.9 Å². The number of nitrogens with one attached hydrogen (secondary N) is 2. The standard InChI is InChI=1S/C26H29ClN6O4S/c1-26(2,38(3,35)36)25(34)29-10-12-33-11-9-21-23(33)24(31-16-30-21)32-19-7-8-22(17(13-19)15-28)37-20-6-4-5-18(27)14-20/h4-9,11,13-14,16H,10,12,15,28H2,1-3H3,(H,29,34)(H,30,31,32). The fraction of sp³-hybridized carbons (Fsp3) is 0.269. The molecule has 2 heterocycles. The summed E-state index contributed by atoms with van der Waals surface area (Å²) in [5, 5.41) is 6.60. The van der Waals surface area contributed by atoms with E-state index in [1.165, 1.54) is 20.2 Å². The highest BCUT2D eigenvalue weighted by Crippen LogP contribution is 2.31. The normalized spacial score (nSPS) is 11.9. The number of ether oxygens (including phenoxy) is 1. The van der Waals surface area contributed by atoms with Gasteiger partial charge < -0.3 is 25.7 Å². The number of hydrogen-bond donors (Lipinski definition) is 3. The Bertz CT molecular complexity index is 1590. The number of halogens is 1. The van der Waals surface area contributed by atoms with Crippen molar-refractivity contribution >= 4 is 49.9 Å². The number of sulfone groups is 1. The van der Waals surface area contributed by atoms with Crippen LogP contribution in [0.5, 0.6) is 11.5 Å². The van der Waals surface area contributed by atoms with Gasteiger partial charge in [0.05, 0.1) is 5.52 Å².